The van der Waals surface area contributed by atoms with Crippen molar-refractivity contribution in [2.45, 2.75) is 13.5 Å². The number of nitrogens with one attached hydrogen (secondary N) is 1. The minimum absolute atomic E-state index is 0.128. The van der Waals surface area contributed by atoms with E-state index in [1.165, 1.54) is 0 Å². The summed E-state index contributed by atoms with van der Waals surface area (Å²) in [6.07, 6.45) is 1.80. The van der Waals surface area contributed by atoms with Gasteiger partial charge in [0.2, 0.25) is 0 Å². The SMILES string of the molecule is Cc1ccc(N)cc1C(=O)NCc1ccc(N2CCOCC2)nc1. The van der Waals surface area contributed by atoms with Gasteiger partial charge in [-0.25, -0.2) is 4.98 Å². The largest absolute Gasteiger partial charge is 0.399 e. The van der Waals surface area contributed by atoms with Crippen molar-refractivity contribution in [3.63, 3.8) is 0 Å². The molecule has 2 aromatic rings. The van der Waals surface area contributed by atoms with Gasteiger partial charge in [-0.3, -0.25) is 4.79 Å². The number of anilines is 2. The molecule has 0 radical (unpaired) electrons. The van der Waals surface area contributed by atoms with Gasteiger partial charge < -0.3 is 20.7 Å². The van der Waals surface area contributed by atoms with Gasteiger partial charge in [-0.2, -0.15) is 0 Å². The highest BCUT2D eigenvalue weighted by Crippen LogP contribution is 2.14. The zero-order chi connectivity index (χ0) is 16.9. The van der Waals surface area contributed by atoms with Crippen LogP contribution in [0.5, 0.6) is 0 Å². The molecule has 3 rings (SSSR count). The van der Waals surface area contributed by atoms with Crippen molar-refractivity contribution < 1.29 is 9.53 Å². The Balaban J connectivity index is 1.60. The number of nitrogens with zero attached hydrogens (tertiary/aromatic N) is 2. The van der Waals surface area contributed by atoms with Crippen molar-refractivity contribution in [3.8, 4) is 0 Å². The Hall–Kier alpha value is -2.60. The lowest BCUT2D eigenvalue weighted by Crippen LogP contribution is -2.36. The highest BCUT2D eigenvalue weighted by molar-refractivity contribution is 5.96. The lowest BCUT2D eigenvalue weighted by atomic mass is 10.1. The van der Waals surface area contributed by atoms with Gasteiger partial charge in [-0.05, 0) is 36.2 Å². The van der Waals surface area contributed by atoms with E-state index in [4.69, 9.17) is 10.5 Å². The first-order valence-corrected chi connectivity index (χ1v) is 8.05. The number of pyridine rings is 1. The monoisotopic (exact) mass is 326 g/mol. The molecule has 1 saturated heterocycles. The molecule has 24 heavy (non-hydrogen) atoms. The summed E-state index contributed by atoms with van der Waals surface area (Å²) >= 11 is 0. The number of hydrogen-bond acceptors (Lipinski definition) is 5. The van der Waals surface area contributed by atoms with Crippen LogP contribution in [0.4, 0.5) is 11.5 Å². The molecular formula is C18H22N4O2. The van der Waals surface area contributed by atoms with E-state index in [0.29, 0.717) is 17.8 Å². The third kappa shape index (κ3) is 3.83. The van der Waals surface area contributed by atoms with Gasteiger partial charge in [0.15, 0.2) is 0 Å². The molecule has 2 heterocycles. The normalized spacial score (nSPS) is 14.5. The van der Waals surface area contributed by atoms with Crippen LogP contribution in [-0.4, -0.2) is 37.2 Å². The van der Waals surface area contributed by atoms with Crippen LogP contribution in [0.15, 0.2) is 36.5 Å². The molecule has 1 aliphatic heterocycles. The van der Waals surface area contributed by atoms with Crippen molar-refractivity contribution in [2.24, 2.45) is 0 Å². The van der Waals surface area contributed by atoms with E-state index in [1.807, 2.05) is 25.1 Å². The molecule has 1 fully saturated rings. The number of amides is 1. The van der Waals surface area contributed by atoms with Crippen molar-refractivity contribution in [2.75, 3.05) is 36.9 Å². The van der Waals surface area contributed by atoms with E-state index in [0.717, 1.165) is 43.2 Å². The maximum absolute atomic E-state index is 12.3. The zero-order valence-electron chi connectivity index (χ0n) is 13.8. The molecule has 1 aliphatic rings. The van der Waals surface area contributed by atoms with Crippen LogP contribution in [0.2, 0.25) is 0 Å². The predicted molar refractivity (Wildman–Crippen MR) is 94.0 cm³/mol. The van der Waals surface area contributed by atoms with Crippen LogP contribution in [0.3, 0.4) is 0 Å². The van der Waals surface area contributed by atoms with E-state index in [2.05, 4.69) is 15.2 Å². The number of carbonyl (C=O) groups is 1. The number of ether oxygens (including phenoxy) is 1. The zero-order valence-corrected chi connectivity index (χ0v) is 13.8. The summed E-state index contributed by atoms with van der Waals surface area (Å²) in [6.45, 7) is 5.52. The fourth-order valence-electron chi connectivity index (χ4n) is 2.66. The molecule has 0 saturated carbocycles. The lowest BCUT2D eigenvalue weighted by Gasteiger charge is -2.27. The maximum Gasteiger partial charge on any atom is 0.251 e. The summed E-state index contributed by atoms with van der Waals surface area (Å²) in [6, 6.07) is 9.32. The quantitative estimate of drug-likeness (QED) is 0.837. The molecule has 0 unspecified atom stereocenters. The van der Waals surface area contributed by atoms with Gasteiger partial charge in [-0.1, -0.05) is 12.1 Å². The molecule has 126 valence electrons. The predicted octanol–water partition coefficient (Wildman–Crippen LogP) is 1.74. The van der Waals surface area contributed by atoms with Gasteiger partial charge >= 0.3 is 0 Å². The molecule has 1 amide bonds. The van der Waals surface area contributed by atoms with Crippen molar-refractivity contribution >= 4 is 17.4 Å². The summed E-state index contributed by atoms with van der Waals surface area (Å²) in [4.78, 5) is 19.0. The van der Waals surface area contributed by atoms with Crippen molar-refractivity contribution in [1.29, 1.82) is 0 Å². The summed E-state index contributed by atoms with van der Waals surface area (Å²) in [7, 11) is 0. The number of benzene rings is 1. The number of aromatic nitrogens is 1. The van der Waals surface area contributed by atoms with E-state index < -0.39 is 0 Å². The minimum atomic E-state index is -0.128. The number of nitrogens with two attached hydrogens (primary N) is 1. The van der Waals surface area contributed by atoms with Crippen LogP contribution in [0.25, 0.3) is 0 Å². The lowest BCUT2D eigenvalue weighted by molar-refractivity contribution is 0.0950. The molecule has 0 atom stereocenters. The Labute approximate surface area is 141 Å². The fourth-order valence-corrected chi connectivity index (χ4v) is 2.66. The van der Waals surface area contributed by atoms with Gasteiger partial charge in [0.1, 0.15) is 5.82 Å². The second-order valence-corrected chi connectivity index (χ2v) is 5.88. The highest BCUT2D eigenvalue weighted by Gasteiger charge is 2.12. The summed E-state index contributed by atoms with van der Waals surface area (Å²) < 4.78 is 5.34. The molecule has 6 heteroatoms. The van der Waals surface area contributed by atoms with E-state index >= 15 is 0 Å². The Morgan fingerprint density at radius 1 is 1.29 bits per heavy atom. The molecule has 1 aromatic heterocycles. The number of rotatable bonds is 4. The standard InChI is InChI=1S/C18H22N4O2/c1-13-2-4-15(19)10-16(13)18(23)21-12-14-3-5-17(20-11-14)22-6-8-24-9-7-22/h2-5,10-11H,6-9,12,19H2,1H3,(H,21,23). The second kappa shape index (κ2) is 7.31. The van der Waals surface area contributed by atoms with Gasteiger partial charge in [0.25, 0.3) is 5.91 Å². The average molecular weight is 326 g/mol. The molecular weight excluding hydrogens is 304 g/mol. The molecule has 0 spiro atoms. The van der Waals surface area contributed by atoms with Crippen LogP contribution in [-0.2, 0) is 11.3 Å². The van der Waals surface area contributed by atoms with Crippen LogP contribution < -0.4 is 16.0 Å². The average Bonchev–Trinajstić information content (AvgIpc) is 2.63. The first kappa shape index (κ1) is 16.3. The second-order valence-electron chi connectivity index (χ2n) is 5.88. The minimum Gasteiger partial charge on any atom is -0.399 e. The first-order valence-electron chi connectivity index (χ1n) is 8.05. The number of nitrogen functional groups attached to an aromatic ring is 1. The third-order valence-corrected chi connectivity index (χ3v) is 4.10. The van der Waals surface area contributed by atoms with E-state index in [-0.39, 0.29) is 5.91 Å². The van der Waals surface area contributed by atoms with Crippen molar-refractivity contribution in [3.05, 3.63) is 53.2 Å². The van der Waals surface area contributed by atoms with Crippen molar-refractivity contribution in [1.82, 2.24) is 10.3 Å². The Bertz CT molecular complexity index is 709. The number of aryl methyl sites for hydroxylation is 1. The summed E-state index contributed by atoms with van der Waals surface area (Å²) in [5, 5.41) is 2.91. The molecule has 0 bridgehead atoms. The number of hydrogen-bond donors (Lipinski definition) is 2. The molecule has 3 N–H and O–H groups in total. The summed E-state index contributed by atoms with van der Waals surface area (Å²) in [5.41, 5.74) is 8.81. The smallest absolute Gasteiger partial charge is 0.251 e. The Morgan fingerprint density at radius 3 is 2.79 bits per heavy atom. The van der Waals surface area contributed by atoms with Gasteiger partial charge in [0, 0.05) is 37.1 Å². The fraction of sp³-hybridized carbons (Fsp3) is 0.333. The highest BCUT2D eigenvalue weighted by atomic mass is 16.5. The van der Waals surface area contributed by atoms with E-state index in [1.54, 1.807) is 18.3 Å². The van der Waals surface area contributed by atoms with Gasteiger partial charge in [0.05, 0.1) is 13.2 Å². The van der Waals surface area contributed by atoms with E-state index in [9.17, 15) is 4.79 Å². The molecule has 0 aliphatic carbocycles. The number of carbonyl (C=O) groups excluding carboxylic acids is 1. The first-order chi connectivity index (χ1) is 11.6. The molecule has 6 nitrogen and oxygen atoms in total. The Morgan fingerprint density at radius 2 is 2.08 bits per heavy atom. The topological polar surface area (TPSA) is 80.5 Å². The summed E-state index contributed by atoms with van der Waals surface area (Å²) in [5.74, 6) is 0.817. The van der Waals surface area contributed by atoms with Gasteiger partial charge in [-0.15, -0.1) is 0 Å². The van der Waals surface area contributed by atoms with Crippen LogP contribution in [0.1, 0.15) is 21.5 Å². The van der Waals surface area contributed by atoms with Crippen LogP contribution >= 0.6 is 0 Å². The number of morpholine rings is 1. The molecule has 1 aromatic carbocycles. The maximum atomic E-state index is 12.3. The Kier molecular flexibility index (Phi) is 4.96. The third-order valence-electron chi connectivity index (χ3n) is 4.10. The van der Waals surface area contributed by atoms with Crippen LogP contribution in [0, 0.1) is 6.92 Å².